The van der Waals surface area contributed by atoms with E-state index in [2.05, 4.69) is 52.5 Å². The fourth-order valence-corrected chi connectivity index (χ4v) is 6.61. The van der Waals surface area contributed by atoms with Crippen LogP contribution in [0.3, 0.4) is 0 Å². The lowest BCUT2D eigenvalue weighted by atomic mass is 9.74. The number of aromatic nitrogens is 1. The summed E-state index contributed by atoms with van der Waals surface area (Å²) >= 11 is 0. The minimum atomic E-state index is -0.674. The van der Waals surface area contributed by atoms with E-state index in [1.165, 1.54) is 27.7 Å². The first-order valence-corrected chi connectivity index (χ1v) is 13.5. The number of likely N-dealkylation sites (tertiary alicyclic amines) is 1. The Kier molecular flexibility index (Phi) is 6.22. The molecule has 1 spiro atoms. The highest BCUT2D eigenvalue weighted by Crippen LogP contribution is 2.49. The zero-order chi connectivity index (χ0) is 26.4. The number of aldehydes is 1. The lowest BCUT2D eigenvalue weighted by Gasteiger charge is -2.38. The van der Waals surface area contributed by atoms with Crippen molar-refractivity contribution in [1.29, 1.82) is 0 Å². The van der Waals surface area contributed by atoms with Gasteiger partial charge in [-0.25, -0.2) is 0 Å². The number of ether oxygens (including phenoxy) is 1. The van der Waals surface area contributed by atoms with Crippen LogP contribution in [0.1, 0.15) is 58.4 Å². The van der Waals surface area contributed by atoms with Crippen LogP contribution in [0.5, 0.6) is 5.75 Å². The van der Waals surface area contributed by atoms with Crippen molar-refractivity contribution in [3.63, 3.8) is 0 Å². The molecule has 4 heterocycles. The third kappa shape index (κ3) is 3.98. The highest BCUT2D eigenvalue weighted by Gasteiger charge is 2.47. The number of amides is 2. The molecule has 0 aliphatic carbocycles. The summed E-state index contributed by atoms with van der Waals surface area (Å²) in [6.07, 6.45) is 3.32. The molecule has 198 valence electrons. The number of H-pyrrole nitrogens is 1. The molecule has 3 aromatic rings. The number of carbonyl (C=O) groups excluding carboxylic acids is 3. The highest BCUT2D eigenvalue weighted by molar-refractivity contribution is 6.02. The Morgan fingerprint density at radius 3 is 2.82 bits per heavy atom. The Bertz CT molecular complexity index is 1420. The van der Waals surface area contributed by atoms with Crippen LogP contribution in [0.2, 0.25) is 0 Å². The number of hydrogen-bond acceptors (Lipinski definition) is 5. The van der Waals surface area contributed by atoms with Gasteiger partial charge >= 0.3 is 0 Å². The average Bonchev–Trinajstić information content (AvgIpc) is 3.59. The second kappa shape index (κ2) is 9.58. The quantitative estimate of drug-likeness (QED) is 0.471. The van der Waals surface area contributed by atoms with Crippen molar-refractivity contribution in [2.75, 3.05) is 26.7 Å². The molecule has 3 aliphatic rings. The number of piperidine rings is 1. The molecule has 3 aliphatic heterocycles. The van der Waals surface area contributed by atoms with E-state index in [-0.39, 0.29) is 23.7 Å². The summed E-state index contributed by atoms with van der Waals surface area (Å²) in [4.78, 5) is 44.4. The predicted molar refractivity (Wildman–Crippen MR) is 144 cm³/mol. The van der Waals surface area contributed by atoms with Gasteiger partial charge in [0.1, 0.15) is 18.1 Å². The van der Waals surface area contributed by atoms with Crippen molar-refractivity contribution < 1.29 is 19.1 Å². The molecule has 1 saturated heterocycles. The second-order valence-electron chi connectivity index (χ2n) is 11.0. The number of hydrogen-bond donors (Lipinski definition) is 2. The van der Waals surface area contributed by atoms with Crippen LogP contribution in [0.25, 0.3) is 10.9 Å². The monoisotopic (exact) mass is 514 g/mol. The largest absolute Gasteiger partial charge is 0.492 e. The summed E-state index contributed by atoms with van der Waals surface area (Å²) in [6.45, 7) is 5.94. The lowest BCUT2D eigenvalue weighted by Crippen LogP contribution is -2.46. The molecule has 8 nitrogen and oxygen atoms in total. The molecule has 0 saturated carbocycles. The maximum absolute atomic E-state index is 13.3. The zero-order valence-electron chi connectivity index (χ0n) is 22.0. The molecule has 2 N–H and O–H groups in total. The first-order chi connectivity index (χ1) is 18.4. The standard InChI is InChI=1S/C30H34N4O4/c1-19-15-22-20(5-3-6-25(22)32-19)16-33-12-10-30(11-13-33)18-38-27-23-17-34(26(7-4-14-35)28(36)31-2)29(37)21(23)8-9-24(27)30/h3,5-6,8-9,14-15,26,32H,4,7,10-13,16-18H2,1-2H3,(H,31,36). The number of nitrogens with zero attached hydrogens (tertiary/aromatic N) is 2. The van der Waals surface area contributed by atoms with Crippen molar-refractivity contribution in [2.24, 2.45) is 0 Å². The summed E-state index contributed by atoms with van der Waals surface area (Å²) in [5, 5.41) is 3.94. The van der Waals surface area contributed by atoms with Gasteiger partial charge in [0, 0.05) is 58.7 Å². The number of benzene rings is 2. The van der Waals surface area contributed by atoms with E-state index in [1.54, 1.807) is 11.9 Å². The molecule has 8 heteroatoms. The van der Waals surface area contributed by atoms with Gasteiger partial charge in [0.25, 0.3) is 5.91 Å². The Balaban J connectivity index is 1.20. The first kappa shape index (κ1) is 24.7. The van der Waals surface area contributed by atoms with Crippen LogP contribution < -0.4 is 10.1 Å². The van der Waals surface area contributed by atoms with Crippen LogP contribution in [-0.4, -0.2) is 65.7 Å². The van der Waals surface area contributed by atoms with Crippen molar-refractivity contribution in [2.45, 2.75) is 57.2 Å². The number of fused-ring (bicyclic) bond motifs is 5. The molecule has 2 aromatic carbocycles. The molecular weight excluding hydrogens is 480 g/mol. The number of aromatic amines is 1. The predicted octanol–water partition coefficient (Wildman–Crippen LogP) is 3.45. The summed E-state index contributed by atoms with van der Waals surface area (Å²) in [7, 11) is 1.56. The Hall–Kier alpha value is -3.65. The van der Waals surface area contributed by atoms with E-state index in [0.29, 0.717) is 25.1 Å². The van der Waals surface area contributed by atoms with Gasteiger partial charge in [0.15, 0.2) is 0 Å². The van der Waals surface area contributed by atoms with E-state index in [9.17, 15) is 14.4 Å². The summed E-state index contributed by atoms with van der Waals surface area (Å²) in [5.74, 6) is 0.404. The third-order valence-corrected chi connectivity index (χ3v) is 8.72. The minimum absolute atomic E-state index is 0.0499. The van der Waals surface area contributed by atoms with E-state index in [4.69, 9.17) is 4.74 Å². The van der Waals surface area contributed by atoms with Crippen LogP contribution in [0.4, 0.5) is 0 Å². The number of likely N-dealkylation sites (N-methyl/N-ethyl adjacent to an activating group) is 1. The third-order valence-electron chi connectivity index (χ3n) is 8.72. The van der Waals surface area contributed by atoms with Gasteiger partial charge in [-0.3, -0.25) is 14.5 Å². The smallest absolute Gasteiger partial charge is 0.255 e. The topological polar surface area (TPSA) is 94.7 Å². The van der Waals surface area contributed by atoms with Crippen molar-refractivity contribution in [1.82, 2.24) is 20.1 Å². The molecular formula is C30H34N4O4. The minimum Gasteiger partial charge on any atom is -0.492 e. The van der Waals surface area contributed by atoms with Gasteiger partial charge in [-0.2, -0.15) is 0 Å². The first-order valence-electron chi connectivity index (χ1n) is 13.5. The maximum Gasteiger partial charge on any atom is 0.255 e. The molecule has 6 rings (SSSR count). The van der Waals surface area contributed by atoms with E-state index in [1.807, 2.05) is 6.07 Å². The van der Waals surface area contributed by atoms with Crippen molar-refractivity contribution in [3.8, 4) is 5.75 Å². The van der Waals surface area contributed by atoms with Gasteiger partial charge in [0.05, 0.1) is 13.2 Å². The molecule has 1 atom stereocenters. The van der Waals surface area contributed by atoms with Crippen molar-refractivity contribution >= 4 is 29.0 Å². The van der Waals surface area contributed by atoms with Crippen molar-refractivity contribution in [3.05, 3.63) is 64.3 Å². The Morgan fingerprint density at radius 2 is 2.05 bits per heavy atom. The number of carbonyl (C=O) groups is 3. The SMILES string of the molecule is CNC(=O)C(CCC=O)N1Cc2c(ccc3c2OCC32CCN(Cc3cccc4[nH]c(C)cc34)CC2)C1=O. The van der Waals surface area contributed by atoms with Gasteiger partial charge in [0.2, 0.25) is 5.91 Å². The van der Waals surface area contributed by atoms with Crippen LogP contribution in [0, 0.1) is 6.92 Å². The van der Waals surface area contributed by atoms with E-state index >= 15 is 0 Å². The summed E-state index contributed by atoms with van der Waals surface area (Å²) in [6, 6.07) is 12.0. The van der Waals surface area contributed by atoms with Crippen LogP contribution in [0.15, 0.2) is 36.4 Å². The maximum atomic E-state index is 13.3. The Labute approximate surface area is 222 Å². The molecule has 0 bridgehead atoms. The number of rotatable bonds is 7. The molecule has 1 unspecified atom stereocenters. The second-order valence-corrected chi connectivity index (χ2v) is 11.0. The van der Waals surface area contributed by atoms with E-state index < -0.39 is 6.04 Å². The summed E-state index contributed by atoms with van der Waals surface area (Å²) in [5.41, 5.74) is 6.34. The van der Waals surface area contributed by atoms with Gasteiger partial charge in [-0.1, -0.05) is 18.2 Å². The van der Waals surface area contributed by atoms with Crippen LogP contribution >= 0.6 is 0 Å². The van der Waals surface area contributed by atoms with Gasteiger partial charge in [-0.05, 0) is 63.0 Å². The number of nitrogens with one attached hydrogen (secondary N) is 2. The molecule has 1 aromatic heterocycles. The summed E-state index contributed by atoms with van der Waals surface area (Å²) < 4.78 is 6.33. The zero-order valence-corrected chi connectivity index (χ0v) is 22.0. The lowest BCUT2D eigenvalue weighted by molar-refractivity contribution is -0.125. The average molecular weight is 515 g/mol. The normalized spacial score (nSPS) is 18.9. The fraction of sp³-hybridized carbons (Fsp3) is 0.433. The molecule has 0 radical (unpaired) electrons. The van der Waals surface area contributed by atoms with Crippen LogP contribution in [-0.2, 0) is 28.1 Å². The fourth-order valence-electron chi connectivity index (χ4n) is 6.61. The van der Waals surface area contributed by atoms with E-state index in [0.717, 1.165) is 50.1 Å². The molecule has 1 fully saturated rings. The van der Waals surface area contributed by atoms with Gasteiger partial charge in [-0.15, -0.1) is 0 Å². The highest BCUT2D eigenvalue weighted by atomic mass is 16.5. The Morgan fingerprint density at radius 1 is 1.24 bits per heavy atom. The number of aryl methyl sites for hydroxylation is 1. The molecule has 38 heavy (non-hydrogen) atoms. The molecule has 2 amide bonds. The van der Waals surface area contributed by atoms with Gasteiger partial charge < -0.3 is 24.7 Å².